The second kappa shape index (κ2) is 11.4. The first kappa shape index (κ1) is 28.9. The molecule has 14 atom stereocenters. The Hall–Kier alpha value is -0.650. The molecule has 0 aromatic carbocycles. The van der Waals surface area contributed by atoms with E-state index in [1.165, 1.54) is 6.92 Å². The first-order valence-corrected chi connectivity index (χ1v) is 11.9. The van der Waals surface area contributed by atoms with E-state index >= 15 is 0 Å². The summed E-state index contributed by atoms with van der Waals surface area (Å²) in [5.74, 6) is 0. The molecular weight excluding hydrogens is 508 g/mol. The first-order chi connectivity index (χ1) is 16.2. The number of aliphatic hydroxyl groups excluding tert-OH is 8. The average molecular weight is 538 g/mol. The molecule has 3 aliphatic rings. The van der Waals surface area contributed by atoms with Crippen LogP contribution in [0.15, 0.2) is 0 Å². The maximum atomic E-state index is 11.3. The van der Waals surface area contributed by atoms with E-state index in [0.717, 1.165) is 0 Å². The van der Waals surface area contributed by atoms with Crippen LogP contribution < -0.4 is 0 Å². The van der Waals surface area contributed by atoms with Gasteiger partial charge in [-0.05, 0) is 6.92 Å². The van der Waals surface area contributed by atoms with Gasteiger partial charge in [0.15, 0.2) is 18.9 Å². The van der Waals surface area contributed by atoms with Crippen molar-refractivity contribution >= 4 is 10.4 Å². The second-order valence-electron chi connectivity index (χ2n) is 8.37. The fraction of sp³-hybridized carbons (Fsp3) is 1.00. The molecule has 1 unspecified atom stereocenters. The number of ether oxygens (including phenoxy) is 5. The molecule has 3 aliphatic heterocycles. The Balaban J connectivity index is 1.82. The van der Waals surface area contributed by atoms with E-state index in [2.05, 4.69) is 4.18 Å². The zero-order chi connectivity index (χ0) is 26.2. The van der Waals surface area contributed by atoms with Crippen LogP contribution in [0.4, 0.5) is 0 Å². The Bertz CT molecular complexity index is 797. The van der Waals surface area contributed by atoms with Crippen LogP contribution in [-0.2, 0) is 38.3 Å². The molecule has 0 aliphatic carbocycles. The summed E-state index contributed by atoms with van der Waals surface area (Å²) < 4.78 is 62.3. The molecule has 35 heavy (non-hydrogen) atoms. The number of hydrogen-bond acceptors (Lipinski definition) is 16. The zero-order valence-corrected chi connectivity index (χ0v) is 19.0. The van der Waals surface area contributed by atoms with E-state index in [0.29, 0.717) is 0 Å². The van der Waals surface area contributed by atoms with E-state index in [1.807, 2.05) is 0 Å². The smallest absolute Gasteiger partial charge is 0.394 e. The monoisotopic (exact) mass is 538 g/mol. The van der Waals surface area contributed by atoms with Crippen LogP contribution in [0.3, 0.4) is 0 Å². The molecule has 3 saturated heterocycles. The highest BCUT2D eigenvalue weighted by atomic mass is 32.3. The fourth-order valence-electron chi connectivity index (χ4n) is 3.97. The summed E-state index contributed by atoms with van der Waals surface area (Å²) >= 11 is 0. The topological polar surface area (TPSA) is 272 Å². The molecule has 0 aromatic heterocycles. The lowest BCUT2D eigenvalue weighted by atomic mass is 9.96. The van der Waals surface area contributed by atoms with Crippen molar-refractivity contribution in [2.75, 3.05) is 13.2 Å². The average Bonchev–Trinajstić information content (AvgIpc) is 2.77. The highest BCUT2D eigenvalue weighted by Gasteiger charge is 2.53. The Labute approximate surface area is 198 Å². The van der Waals surface area contributed by atoms with Crippen molar-refractivity contribution in [1.82, 2.24) is 0 Å². The van der Waals surface area contributed by atoms with Crippen LogP contribution in [0, 0.1) is 0 Å². The van der Waals surface area contributed by atoms with Crippen molar-refractivity contribution in [2.24, 2.45) is 0 Å². The molecule has 9 N–H and O–H groups in total. The predicted octanol–water partition coefficient (Wildman–Crippen LogP) is -6.08. The minimum Gasteiger partial charge on any atom is -0.394 e. The van der Waals surface area contributed by atoms with Crippen molar-refractivity contribution in [1.29, 1.82) is 0 Å². The summed E-state index contributed by atoms with van der Waals surface area (Å²) in [6.45, 7) is -0.0725. The van der Waals surface area contributed by atoms with E-state index in [9.17, 15) is 49.3 Å². The molecule has 3 heterocycles. The molecule has 3 rings (SSSR count). The maximum absolute atomic E-state index is 11.3. The third kappa shape index (κ3) is 6.44. The van der Waals surface area contributed by atoms with Crippen molar-refractivity contribution in [3.05, 3.63) is 0 Å². The van der Waals surface area contributed by atoms with Gasteiger partial charge in [-0.3, -0.25) is 4.55 Å². The summed E-state index contributed by atoms with van der Waals surface area (Å²) in [5, 5.41) is 80.5. The van der Waals surface area contributed by atoms with Gasteiger partial charge in [0.05, 0.1) is 19.3 Å². The van der Waals surface area contributed by atoms with Crippen molar-refractivity contribution in [3.8, 4) is 0 Å². The van der Waals surface area contributed by atoms with Crippen molar-refractivity contribution in [2.45, 2.75) is 92.9 Å². The Kier molecular flexibility index (Phi) is 9.41. The van der Waals surface area contributed by atoms with Gasteiger partial charge < -0.3 is 64.5 Å². The molecule has 0 aromatic rings. The highest BCUT2D eigenvalue weighted by molar-refractivity contribution is 7.80. The van der Waals surface area contributed by atoms with Gasteiger partial charge in [0.2, 0.25) is 0 Å². The zero-order valence-electron chi connectivity index (χ0n) is 18.2. The molecule has 0 radical (unpaired) electrons. The summed E-state index contributed by atoms with van der Waals surface area (Å²) in [6, 6.07) is 0. The Morgan fingerprint density at radius 2 is 1.43 bits per heavy atom. The lowest BCUT2D eigenvalue weighted by Gasteiger charge is -2.47. The molecule has 17 nitrogen and oxygen atoms in total. The fourth-order valence-corrected chi connectivity index (χ4v) is 4.51. The number of aliphatic hydroxyl groups is 8. The maximum Gasteiger partial charge on any atom is 0.397 e. The van der Waals surface area contributed by atoms with Gasteiger partial charge in [-0.25, -0.2) is 4.18 Å². The molecule has 0 saturated carbocycles. The lowest BCUT2D eigenvalue weighted by Crippen LogP contribution is -2.66. The van der Waals surface area contributed by atoms with Crippen LogP contribution in [0.25, 0.3) is 0 Å². The summed E-state index contributed by atoms with van der Waals surface area (Å²) in [6.07, 6.45) is -24.0. The predicted molar refractivity (Wildman–Crippen MR) is 104 cm³/mol. The molecule has 0 spiro atoms. The standard InChI is InChI=1S/C17H30O17S/c1-4-12(34-35(26,27)28)14(10(23)15(25)30-4)33-17-11(24)13(8(21)6(2-18)31-17)32-16-9(22)7(20)5(19)3-29-16/h4-25H,2-3H2,1H3,(H,26,27,28)/t4-,5+,6+,7-,8-,9+,10-,11+,12+,13-,14-,15?,16-,17+/m0/s1. The van der Waals surface area contributed by atoms with Crippen molar-refractivity contribution in [3.63, 3.8) is 0 Å². The van der Waals surface area contributed by atoms with E-state index in [4.69, 9.17) is 28.2 Å². The number of rotatable bonds is 7. The minimum absolute atomic E-state index is 0.458. The van der Waals surface area contributed by atoms with Gasteiger partial charge in [-0.1, -0.05) is 0 Å². The molecule has 3 fully saturated rings. The Morgan fingerprint density at radius 1 is 0.800 bits per heavy atom. The number of hydrogen-bond donors (Lipinski definition) is 9. The van der Waals surface area contributed by atoms with Gasteiger partial charge in [-0.15, -0.1) is 0 Å². The molecular formula is C17H30O17S. The van der Waals surface area contributed by atoms with E-state index in [1.54, 1.807) is 0 Å². The van der Waals surface area contributed by atoms with Crippen LogP contribution in [0.5, 0.6) is 0 Å². The quantitative estimate of drug-likeness (QED) is 0.136. The first-order valence-electron chi connectivity index (χ1n) is 10.5. The van der Waals surface area contributed by atoms with Gasteiger partial charge in [0, 0.05) is 0 Å². The van der Waals surface area contributed by atoms with Gasteiger partial charge in [-0.2, -0.15) is 8.42 Å². The van der Waals surface area contributed by atoms with Crippen LogP contribution in [0.2, 0.25) is 0 Å². The van der Waals surface area contributed by atoms with Crippen LogP contribution in [-0.4, -0.2) is 153 Å². The van der Waals surface area contributed by atoms with Crippen molar-refractivity contribution < 1.29 is 81.7 Å². The largest absolute Gasteiger partial charge is 0.397 e. The van der Waals surface area contributed by atoms with E-state index in [-0.39, 0.29) is 0 Å². The van der Waals surface area contributed by atoms with Gasteiger partial charge >= 0.3 is 10.4 Å². The van der Waals surface area contributed by atoms with Gasteiger partial charge in [0.1, 0.15) is 61.0 Å². The van der Waals surface area contributed by atoms with Crippen LogP contribution in [0.1, 0.15) is 6.92 Å². The molecule has 206 valence electrons. The molecule has 18 heteroatoms. The van der Waals surface area contributed by atoms with Crippen LogP contribution >= 0.6 is 0 Å². The lowest BCUT2D eigenvalue weighted by molar-refractivity contribution is -0.371. The van der Waals surface area contributed by atoms with E-state index < -0.39 is 110 Å². The molecule has 0 bridgehead atoms. The summed E-state index contributed by atoms with van der Waals surface area (Å²) in [4.78, 5) is 0. The Morgan fingerprint density at radius 3 is 2.03 bits per heavy atom. The highest BCUT2D eigenvalue weighted by Crippen LogP contribution is 2.32. The SMILES string of the molecule is C[C@@H]1OC(O)[C@@H](O)[C@H](O[C@H]2O[C@H](CO)[C@H](O)[C@H](O[C@@H]3OC[C@@H](O)[C@H](O)[C@H]3O)[C@H]2O)[C@@H]1OS(=O)(=O)O. The second-order valence-corrected chi connectivity index (χ2v) is 9.42. The summed E-state index contributed by atoms with van der Waals surface area (Å²) in [7, 11) is -5.10. The van der Waals surface area contributed by atoms with Gasteiger partial charge in [0.25, 0.3) is 0 Å². The normalized spacial score (nSPS) is 49.7. The summed E-state index contributed by atoms with van der Waals surface area (Å²) in [5.41, 5.74) is 0. The molecule has 0 amide bonds. The third-order valence-corrected chi connectivity index (χ3v) is 6.33. The third-order valence-electron chi connectivity index (χ3n) is 5.86. The minimum atomic E-state index is -5.10.